The molecule has 0 saturated heterocycles. The Balaban J connectivity index is 2.12. The van der Waals surface area contributed by atoms with E-state index >= 15 is 0 Å². The van der Waals surface area contributed by atoms with Gasteiger partial charge in [-0.2, -0.15) is 10.4 Å². The van der Waals surface area contributed by atoms with Crippen LogP contribution in [0.25, 0.3) is 0 Å². The molecule has 0 saturated carbocycles. The van der Waals surface area contributed by atoms with Gasteiger partial charge in [-0.25, -0.2) is 4.98 Å². The highest BCUT2D eigenvalue weighted by Gasteiger charge is 2.12. The summed E-state index contributed by atoms with van der Waals surface area (Å²) in [5.74, 6) is 0.759. The number of hydrogen-bond acceptors (Lipinski definition) is 4. The summed E-state index contributed by atoms with van der Waals surface area (Å²) in [5.41, 5.74) is 1.36. The van der Waals surface area contributed by atoms with Gasteiger partial charge in [-0.1, -0.05) is 12.1 Å². The highest BCUT2D eigenvalue weighted by atomic mass is 16.3. The number of nitriles is 1. The maximum Gasteiger partial charge on any atom is 0.138 e. The van der Waals surface area contributed by atoms with Crippen molar-refractivity contribution in [1.82, 2.24) is 14.8 Å². The molecule has 0 spiro atoms. The first-order valence-electron chi connectivity index (χ1n) is 5.79. The maximum absolute atomic E-state index is 10.1. The molecule has 0 bridgehead atoms. The third kappa shape index (κ3) is 2.55. The minimum atomic E-state index is -0.632. The van der Waals surface area contributed by atoms with Crippen LogP contribution < -0.4 is 0 Å². The Labute approximate surface area is 105 Å². The summed E-state index contributed by atoms with van der Waals surface area (Å²) in [6, 6.07) is 8.96. The van der Waals surface area contributed by atoms with Crippen molar-refractivity contribution in [3.05, 3.63) is 47.5 Å². The summed E-state index contributed by atoms with van der Waals surface area (Å²) in [6.45, 7) is 2.71. The van der Waals surface area contributed by atoms with Crippen LogP contribution in [-0.2, 0) is 13.0 Å². The molecule has 1 N–H and O–H groups in total. The normalized spacial score (nSPS) is 12.1. The van der Waals surface area contributed by atoms with Crippen LogP contribution in [0.2, 0.25) is 0 Å². The van der Waals surface area contributed by atoms with Gasteiger partial charge in [-0.15, -0.1) is 0 Å². The molecule has 92 valence electrons. The summed E-state index contributed by atoms with van der Waals surface area (Å²) >= 11 is 0. The standard InChI is InChI=1S/C13H14N4O/c1-2-17-13(15-9-16-17)7-12(18)11-5-3-10(8-14)4-6-11/h3-6,9,12,18H,2,7H2,1H3. The number of aliphatic hydroxyl groups is 1. The maximum atomic E-state index is 10.1. The molecule has 1 heterocycles. The van der Waals surface area contributed by atoms with Gasteiger partial charge >= 0.3 is 0 Å². The van der Waals surface area contributed by atoms with E-state index in [1.807, 2.05) is 13.0 Å². The fourth-order valence-corrected chi connectivity index (χ4v) is 1.78. The van der Waals surface area contributed by atoms with E-state index in [0.717, 1.165) is 17.9 Å². The summed E-state index contributed by atoms with van der Waals surface area (Å²) in [7, 11) is 0. The van der Waals surface area contributed by atoms with E-state index in [-0.39, 0.29) is 0 Å². The lowest BCUT2D eigenvalue weighted by Crippen LogP contribution is -2.09. The lowest BCUT2D eigenvalue weighted by atomic mass is 10.0. The molecular formula is C13H14N4O. The van der Waals surface area contributed by atoms with Crippen LogP contribution in [0.15, 0.2) is 30.6 Å². The predicted molar refractivity (Wildman–Crippen MR) is 65.5 cm³/mol. The van der Waals surface area contributed by atoms with Gasteiger partial charge in [-0.3, -0.25) is 4.68 Å². The van der Waals surface area contributed by atoms with Crippen LogP contribution in [0.5, 0.6) is 0 Å². The van der Waals surface area contributed by atoms with Crippen molar-refractivity contribution in [1.29, 1.82) is 5.26 Å². The van der Waals surface area contributed by atoms with Gasteiger partial charge in [0, 0.05) is 13.0 Å². The van der Waals surface area contributed by atoms with Gasteiger partial charge in [0.25, 0.3) is 0 Å². The second-order valence-electron chi connectivity index (χ2n) is 3.95. The average Bonchev–Trinajstić information content (AvgIpc) is 2.86. The first-order valence-corrected chi connectivity index (χ1v) is 5.79. The lowest BCUT2D eigenvalue weighted by Gasteiger charge is -2.10. The summed E-state index contributed by atoms with van der Waals surface area (Å²) in [4.78, 5) is 4.13. The Kier molecular flexibility index (Phi) is 3.70. The quantitative estimate of drug-likeness (QED) is 0.880. The van der Waals surface area contributed by atoms with E-state index in [4.69, 9.17) is 5.26 Å². The number of aromatic nitrogens is 3. The van der Waals surface area contributed by atoms with Crippen LogP contribution in [0, 0.1) is 11.3 Å². The molecule has 18 heavy (non-hydrogen) atoms. The third-order valence-electron chi connectivity index (χ3n) is 2.80. The molecule has 1 aromatic heterocycles. The Morgan fingerprint density at radius 3 is 2.72 bits per heavy atom. The largest absolute Gasteiger partial charge is 0.388 e. The van der Waals surface area contributed by atoms with Crippen molar-refractivity contribution in [3.8, 4) is 6.07 Å². The number of aliphatic hydroxyl groups excluding tert-OH is 1. The Bertz CT molecular complexity index is 553. The molecule has 0 aliphatic rings. The molecule has 5 heteroatoms. The zero-order valence-electron chi connectivity index (χ0n) is 10.1. The van der Waals surface area contributed by atoms with E-state index < -0.39 is 6.10 Å². The monoisotopic (exact) mass is 242 g/mol. The summed E-state index contributed by atoms with van der Waals surface area (Å²) in [6.07, 6.45) is 1.27. The number of benzene rings is 1. The van der Waals surface area contributed by atoms with E-state index in [0.29, 0.717) is 12.0 Å². The molecule has 1 aromatic carbocycles. The van der Waals surface area contributed by atoms with Gasteiger partial charge in [0.1, 0.15) is 12.2 Å². The van der Waals surface area contributed by atoms with Gasteiger partial charge < -0.3 is 5.11 Å². The first-order chi connectivity index (χ1) is 8.74. The predicted octanol–water partition coefficient (Wildman–Crippen LogP) is 1.45. The zero-order valence-corrected chi connectivity index (χ0v) is 10.1. The van der Waals surface area contributed by atoms with Crippen molar-refractivity contribution >= 4 is 0 Å². The molecule has 5 nitrogen and oxygen atoms in total. The van der Waals surface area contributed by atoms with Crippen molar-refractivity contribution in [2.45, 2.75) is 26.0 Å². The lowest BCUT2D eigenvalue weighted by molar-refractivity contribution is 0.174. The van der Waals surface area contributed by atoms with Gasteiger partial charge in [0.15, 0.2) is 0 Å². The van der Waals surface area contributed by atoms with E-state index in [1.54, 1.807) is 28.9 Å². The highest BCUT2D eigenvalue weighted by molar-refractivity contribution is 5.32. The van der Waals surface area contributed by atoms with Crippen LogP contribution in [0.3, 0.4) is 0 Å². The van der Waals surface area contributed by atoms with Crippen molar-refractivity contribution < 1.29 is 5.11 Å². The van der Waals surface area contributed by atoms with E-state index in [2.05, 4.69) is 10.1 Å². The minimum Gasteiger partial charge on any atom is -0.388 e. The second-order valence-corrected chi connectivity index (χ2v) is 3.95. The first kappa shape index (κ1) is 12.3. The van der Waals surface area contributed by atoms with Gasteiger partial charge in [0.05, 0.1) is 17.7 Å². The molecule has 0 aliphatic carbocycles. The number of aryl methyl sites for hydroxylation is 1. The van der Waals surface area contributed by atoms with Gasteiger partial charge in [-0.05, 0) is 24.6 Å². The van der Waals surface area contributed by atoms with E-state index in [1.165, 1.54) is 6.33 Å². The second kappa shape index (κ2) is 5.43. The molecule has 0 fully saturated rings. The van der Waals surface area contributed by atoms with Crippen LogP contribution in [0.4, 0.5) is 0 Å². The molecule has 2 rings (SSSR count). The molecule has 1 unspecified atom stereocenters. The minimum absolute atomic E-state index is 0.416. The molecule has 1 atom stereocenters. The SMILES string of the molecule is CCn1ncnc1CC(O)c1ccc(C#N)cc1. The van der Waals surface area contributed by atoms with Crippen LogP contribution >= 0.6 is 0 Å². The Morgan fingerprint density at radius 2 is 2.11 bits per heavy atom. The Morgan fingerprint density at radius 1 is 1.39 bits per heavy atom. The van der Waals surface area contributed by atoms with Crippen LogP contribution in [-0.4, -0.2) is 19.9 Å². The van der Waals surface area contributed by atoms with E-state index in [9.17, 15) is 5.11 Å². The number of rotatable bonds is 4. The topological polar surface area (TPSA) is 74.7 Å². The average molecular weight is 242 g/mol. The smallest absolute Gasteiger partial charge is 0.138 e. The molecule has 0 radical (unpaired) electrons. The fourth-order valence-electron chi connectivity index (χ4n) is 1.78. The summed E-state index contributed by atoms with van der Waals surface area (Å²) in [5, 5.41) is 22.9. The van der Waals surface area contributed by atoms with Crippen molar-refractivity contribution in [2.75, 3.05) is 0 Å². The molecule has 0 aliphatic heterocycles. The number of hydrogen-bond donors (Lipinski definition) is 1. The summed E-state index contributed by atoms with van der Waals surface area (Å²) < 4.78 is 1.76. The van der Waals surface area contributed by atoms with Crippen molar-refractivity contribution in [3.63, 3.8) is 0 Å². The van der Waals surface area contributed by atoms with Crippen molar-refractivity contribution in [2.24, 2.45) is 0 Å². The molecule has 2 aromatic rings. The van der Waals surface area contributed by atoms with Gasteiger partial charge in [0.2, 0.25) is 0 Å². The third-order valence-corrected chi connectivity index (χ3v) is 2.80. The fraction of sp³-hybridized carbons (Fsp3) is 0.308. The zero-order chi connectivity index (χ0) is 13.0. The van der Waals surface area contributed by atoms with Crippen LogP contribution in [0.1, 0.15) is 30.0 Å². The molecular weight excluding hydrogens is 228 g/mol. The highest BCUT2D eigenvalue weighted by Crippen LogP contribution is 2.17. The molecule has 0 amide bonds. The Hall–Kier alpha value is -2.19. The number of nitrogens with zero attached hydrogens (tertiary/aromatic N) is 4.